The molecule has 1 N–H and O–H groups in total. The zero-order chi connectivity index (χ0) is 15.5. The Balaban J connectivity index is 1.61. The second kappa shape index (κ2) is 6.37. The van der Waals surface area contributed by atoms with Crippen molar-refractivity contribution in [1.82, 2.24) is 4.98 Å². The summed E-state index contributed by atoms with van der Waals surface area (Å²) in [6, 6.07) is 10.7. The molecule has 7 heteroatoms. The first-order chi connectivity index (χ1) is 10.6. The molecule has 4 nitrogen and oxygen atoms in total. The average molecular weight is 337 g/mol. The number of hydrogen-bond acceptors (Lipinski definition) is 4. The number of thioether (sulfide) groups is 1. The van der Waals surface area contributed by atoms with Gasteiger partial charge in [-0.3, -0.25) is 4.79 Å². The largest absolute Gasteiger partial charge is 0.431 e. The zero-order valence-electron chi connectivity index (χ0n) is 11.2. The smallest absolute Gasteiger partial charge is 0.257 e. The van der Waals surface area contributed by atoms with Gasteiger partial charge in [0, 0.05) is 10.7 Å². The third kappa shape index (κ3) is 3.58. The molecule has 0 aliphatic heterocycles. The highest BCUT2D eigenvalue weighted by atomic mass is 35.5. The molecule has 3 aromatic rings. The number of nitrogens with zero attached hydrogens (tertiary/aromatic N) is 1. The van der Waals surface area contributed by atoms with E-state index in [4.69, 9.17) is 16.0 Å². The standard InChI is InChI=1S/C15H10ClFN2O2S/c16-9-1-6-13-12(7-9)19-15(21-13)22-8-14(20)18-11-4-2-10(17)3-5-11/h1-7H,8H2,(H,18,20). The van der Waals surface area contributed by atoms with E-state index in [0.29, 0.717) is 27.0 Å². The van der Waals surface area contributed by atoms with E-state index < -0.39 is 0 Å². The summed E-state index contributed by atoms with van der Waals surface area (Å²) in [5.41, 5.74) is 1.80. The van der Waals surface area contributed by atoms with E-state index in [-0.39, 0.29) is 17.5 Å². The summed E-state index contributed by atoms with van der Waals surface area (Å²) in [6.45, 7) is 0. The van der Waals surface area contributed by atoms with Crippen LogP contribution in [-0.2, 0) is 4.79 Å². The van der Waals surface area contributed by atoms with Gasteiger partial charge in [-0.15, -0.1) is 0 Å². The Morgan fingerprint density at radius 1 is 1.27 bits per heavy atom. The van der Waals surface area contributed by atoms with Gasteiger partial charge in [0.15, 0.2) is 5.58 Å². The van der Waals surface area contributed by atoms with Gasteiger partial charge >= 0.3 is 0 Å². The molecule has 0 spiro atoms. The number of carbonyl (C=O) groups excluding carboxylic acids is 1. The van der Waals surface area contributed by atoms with Crippen molar-refractivity contribution in [3.05, 3.63) is 53.3 Å². The SMILES string of the molecule is O=C(CSc1nc2cc(Cl)ccc2o1)Nc1ccc(F)cc1. The van der Waals surface area contributed by atoms with Gasteiger partial charge in [-0.2, -0.15) is 0 Å². The van der Waals surface area contributed by atoms with E-state index >= 15 is 0 Å². The minimum Gasteiger partial charge on any atom is -0.431 e. The highest BCUT2D eigenvalue weighted by molar-refractivity contribution is 7.99. The highest BCUT2D eigenvalue weighted by Gasteiger charge is 2.10. The summed E-state index contributed by atoms with van der Waals surface area (Å²) in [4.78, 5) is 16.1. The van der Waals surface area contributed by atoms with Gasteiger partial charge in [-0.05, 0) is 42.5 Å². The minimum absolute atomic E-state index is 0.137. The van der Waals surface area contributed by atoms with E-state index in [1.54, 1.807) is 18.2 Å². The quantitative estimate of drug-likeness (QED) is 0.720. The fourth-order valence-electron chi connectivity index (χ4n) is 1.80. The summed E-state index contributed by atoms with van der Waals surface area (Å²) >= 11 is 7.05. The number of fused-ring (bicyclic) bond motifs is 1. The van der Waals surface area contributed by atoms with Crippen LogP contribution in [-0.4, -0.2) is 16.6 Å². The molecule has 112 valence electrons. The Bertz CT molecular complexity index is 820. The number of hydrogen-bond donors (Lipinski definition) is 1. The van der Waals surface area contributed by atoms with Crippen LogP contribution in [0.25, 0.3) is 11.1 Å². The van der Waals surface area contributed by atoms with E-state index in [1.807, 2.05) is 0 Å². The van der Waals surface area contributed by atoms with Gasteiger partial charge in [-0.1, -0.05) is 23.4 Å². The lowest BCUT2D eigenvalue weighted by Gasteiger charge is -2.03. The number of nitrogens with one attached hydrogen (secondary N) is 1. The first-order valence-electron chi connectivity index (χ1n) is 6.34. The molecule has 0 radical (unpaired) electrons. The number of amides is 1. The zero-order valence-corrected chi connectivity index (χ0v) is 12.7. The van der Waals surface area contributed by atoms with Crippen molar-refractivity contribution in [1.29, 1.82) is 0 Å². The van der Waals surface area contributed by atoms with Crippen LogP contribution in [0.5, 0.6) is 0 Å². The summed E-state index contributed by atoms with van der Waals surface area (Å²) in [5.74, 6) is -0.438. The maximum absolute atomic E-state index is 12.8. The maximum atomic E-state index is 12.8. The van der Waals surface area contributed by atoms with Crippen LogP contribution in [0, 0.1) is 5.82 Å². The van der Waals surface area contributed by atoms with Crippen LogP contribution >= 0.6 is 23.4 Å². The molecule has 0 saturated heterocycles. The molecule has 0 aliphatic carbocycles. The molecular formula is C15H10ClFN2O2S. The Morgan fingerprint density at radius 2 is 2.05 bits per heavy atom. The molecule has 0 unspecified atom stereocenters. The predicted octanol–water partition coefficient (Wildman–Crippen LogP) is 4.35. The molecule has 0 fully saturated rings. The van der Waals surface area contributed by atoms with Crippen molar-refractivity contribution in [3.8, 4) is 0 Å². The Kier molecular flexibility index (Phi) is 4.31. The van der Waals surface area contributed by atoms with Crippen molar-refractivity contribution >= 4 is 46.1 Å². The Morgan fingerprint density at radius 3 is 2.82 bits per heavy atom. The third-order valence-electron chi connectivity index (χ3n) is 2.78. The second-order valence-electron chi connectivity index (χ2n) is 4.44. The van der Waals surface area contributed by atoms with Crippen LogP contribution in [0.4, 0.5) is 10.1 Å². The van der Waals surface area contributed by atoms with Crippen LogP contribution in [0.15, 0.2) is 52.1 Å². The lowest BCUT2D eigenvalue weighted by atomic mass is 10.3. The number of oxazole rings is 1. The first-order valence-corrected chi connectivity index (χ1v) is 7.71. The van der Waals surface area contributed by atoms with E-state index in [9.17, 15) is 9.18 Å². The summed E-state index contributed by atoms with van der Waals surface area (Å²) < 4.78 is 18.3. The van der Waals surface area contributed by atoms with Crippen LogP contribution in [0.3, 0.4) is 0 Å². The van der Waals surface area contributed by atoms with Gasteiger partial charge in [0.2, 0.25) is 5.91 Å². The van der Waals surface area contributed by atoms with Crippen molar-refractivity contribution in [3.63, 3.8) is 0 Å². The number of aromatic nitrogens is 1. The van der Waals surface area contributed by atoms with E-state index in [1.165, 1.54) is 36.0 Å². The molecule has 3 rings (SSSR count). The number of carbonyl (C=O) groups is 1. The number of halogens is 2. The summed E-state index contributed by atoms with van der Waals surface area (Å²) in [7, 11) is 0. The molecule has 0 atom stereocenters. The molecule has 1 heterocycles. The molecule has 0 aliphatic rings. The van der Waals surface area contributed by atoms with Crippen molar-refractivity contribution in [2.45, 2.75) is 5.22 Å². The fraction of sp³-hybridized carbons (Fsp3) is 0.0667. The molecule has 1 aromatic heterocycles. The van der Waals surface area contributed by atoms with Crippen LogP contribution in [0.2, 0.25) is 5.02 Å². The number of rotatable bonds is 4. The molecule has 0 saturated carbocycles. The molecule has 22 heavy (non-hydrogen) atoms. The van der Waals surface area contributed by atoms with Crippen molar-refractivity contribution < 1.29 is 13.6 Å². The average Bonchev–Trinajstić information content (AvgIpc) is 2.89. The predicted molar refractivity (Wildman–Crippen MR) is 84.8 cm³/mol. The summed E-state index contributed by atoms with van der Waals surface area (Å²) in [6.07, 6.45) is 0. The monoisotopic (exact) mass is 336 g/mol. The maximum Gasteiger partial charge on any atom is 0.257 e. The topological polar surface area (TPSA) is 55.1 Å². The normalized spacial score (nSPS) is 10.8. The van der Waals surface area contributed by atoms with E-state index in [0.717, 1.165) is 0 Å². The fourth-order valence-corrected chi connectivity index (χ4v) is 2.60. The highest BCUT2D eigenvalue weighted by Crippen LogP contribution is 2.25. The van der Waals surface area contributed by atoms with E-state index in [2.05, 4.69) is 10.3 Å². The molecule has 0 bridgehead atoms. The Labute approximate surface area is 134 Å². The van der Waals surface area contributed by atoms with Gasteiger partial charge in [0.25, 0.3) is 5.22 Å². The third-order valence-corrected chi connectivity index (χ3v) is 3.85. The molecular weight excluding hydrogens is 327 g/mol. The molecule has 1 amide bonds. The Hall–Kier alpha value is -2.05. The number of benzene rings is 2. The lowest BCUT2D eigenvalue weighted by molar-refractivity contribution is -0.113. The van der Waals surface area contributed by atoms with Crippen LogP contribution in [0.1, 0.15) is 0 Å². The van der Waals surface area contributed by atoms with Crippen LogP contribution < -0.4 is 5.32 Å². The lowest BCUT2D eigenvalue weighted by Crippen LogP contribution is -2.13. The van der Waals surface area contributed by atoms with Crippen molar-refractivity contribution in [2.24, 2.45) is 0 Å². The first kappa shape index (κ1) is 14.9. The second-order valence-corrected chi connectivity index (χ2v) is 5.80. The van der Waals surface area contributed by atoms with Gasteiger partial charge in [0.1, 0.15) is 11.3 Å². The minimum atomic E-state index is -0.350. The van der Waals surface area contributed by atoms with Gasteiger partial charge in [0.05, 0.1) is 5.75 Å². The van der Waals surface area contributed by atoms with Crippen molar-refractivity contribution in [2.75, 3.05) is 11.1 Å². The number of anilines is 1. The molecule has 2 aromatic carbocycles. The van der Waals surface area contributed by atoms with Gasteiger partial charge < -0.3 is 9.73 Å². The summed E-state index contributed by atoms with van der Waals surface area (Å²) in [5, 5.41) is 3.64. The van der Waals surface area contributed by atoms with Gasteiger partial charge in [-0.25, -0.2) is 9.37 Å².